The van der Waals surface area contributed by atoms with Crippen molar-refractivity contribution >= 4 is 23.3 Å². The molecule has 0 radical (unpaired) electrons. The number of carboxylic acids is 1. The van der Waals surface area contributed by atoms with Crippen molar-refractivity contribution < 1.29 is 14.6 Å². The van der Waals surface area contributed by atoms with Gasteiger partial charge >= 0.3 is 5.97 Å². The molecule has 0 bridgehead atoms. The van der Waals surface area contributed by atoms with Crippen molar-refractivity contribution in [2.75, 3.05) is 18.5 Å². The van der Waals surface area contributed by atoms with E-state index in [1.807, 2.05) is 30.3 Å². The number of benzene rings is 2. The van der Waals surface area contributed by atoms with E-state index in [0.29, 0.717) is 23.9 Å². The minimum absolute atomic E-state index is 0.168. The van der Waals surface area contributed by atoms with E-state index in [4.69, 9.17) is 21.4 Å². The Morgan fingerprint density at radius 2 is 1.95 bits per heavy atom. The van der Waals surface area contributed by atoms with E-state index >= 15 is 0 Å². The molecular formula is C15H14ClNO3. The molecule has 2 aromatic carbocycles. The summed E-state index contributed by atoms with van der Waals surface area (Å²) < 4.78 is 5.53. The van der Waals surface area contributed by atoms with Crippen LogP contribution in [0.5, 0.6) is 5.75 Å². The molecule has 20 heavy (non-hydrogen) atoms. The first-order valence-electron chi connectivity index (χ1n) is 6.11. The van der Waals surface area contributed by atoms with Crippen molar-refractivity contribution in [2.45, 2.75) is 0 Å². The second-order valence-electron chi connectivity index (χ2n) is 4.09. The second kappa shape index (κ2) is 6.82. The van der Waals surface area contributed by atoms with Gasteiger partial charge in [-0.15, -0.1) is 0 Å². The van der Waals surface area contributed by atoms with Crippen molar-refractivity contribution in [3.63, 3.8) is 0 Å². The number of anilines is 1. The van der Waals surface area contributed by atoms with Gasteiger partial charge in [-0.1, -0.05) is 29.8 Å². The molecule has 4 nitrogen and oxygen atoms in total. The Kier molecular flexibility index (Phi) is 4.85. The van der Waals surface area contributed by atoms with Gasteiger partial charge in [0.25, 0.3) is 0 Å². The highest BCUT2D eigenvalue weighted by atomic mass is 35.5. The molecular weight excluding hydrogens is 278 g/mol. The SMILES string of the molecule is O=C(O)c1ccc(NCCOc2ccccc2)c(Cl)c1. The summed E-state index contributed by atoms with van der Waals surface area (Å²) in [6.45, 7) is 1.06. The third-order valence-corrected chi connectivity index (χ3v) is 2.96. The van der Waals surface area contributed by atoms with Crippen LogP contribution < -0.4 is 10.1 Å². The molecule has 2 aromatic rings. The van der Waals surface area contributed by atoms with Crippen molar-refractivity contribution in [1.82, 2.24) is 0 Å². The van der Waals surface area contributed by atoms with Crippen LogP contribution in [0.4, 0.5) is 5.69 Å². The van der Waals surface area contributed by atoms with Crippen LogP contribution in [-0.2, 0) is 0 Å². The van der Waals surface area contributed by atoms with Crippen LogP contribution in [-0.4, -0.2) is 24.2 Å². The molecule has 0 saturated carbocycles. The normalized spacial score (nSPS) is 10.1. The average Bonchev–Trinajstić information content (AvgIpc) is 2.46. The largest absolute Gasteiger partial charge is 0.492 e. The maximum atomic E-state index is 10.8. The third-order valence-electron chi connectivity index (χ3n) is 2.65. The number of ether oxygens (including phenoxy) is 1. The summed E-state index contributed by atoms with van der Waals surface area (Å²) in [7, 11) is 0. The number of carboxylic acid groups (broad SMARTS) is 1. The molecule has 0 unspecified atom stereocenters. The first-order valence-corrected chi connectivity index (χ1v) is 6.49. The molecule has 0 aliphatic carbocycles. The second-order valence-corrected chi connectivity index (χ2v) is 4.50. The summed E-state index contributed by atoms with van der Waals surface area (Å²) in [4.78, 5) is 10.8. The molecule has 0 atom stereocenters. The zero-order chi connectivity index (χ0) is 14.4. The highest BCUT2D eigenvalue weighted by Crippen LogP contribution is 2.22. The van der Waals surface area contributed by atoms with E-state index in [2.05, 4.69) is 5.32 Å². The minimum Gasteiger partial charge on any atom is -0.492 e. The maximum Gasteiger partial charge on any atom is 0.335 e. The van der Waals surface area contributed by atoms with Crippen molar-refractivity contribution in [3.05, 3.63) is 59.1 Å². The molecule has 0 aromatic heterocycles. The highest BCUT2D eigenvalue weighted by molar-refractivity contribution is 6.33. The van der Waals surface area contributed by atoms with Gasteiger partial charge in [-0.3, -0.25) is 0 Å². The van der Waals surface area contributed by atoms with E-state index in [9.17, 15) is 4.79 Å². The number of rotatable bonds is 6. The Bertz CT molecular complexity index is 587. The van der Waals surface area contributed by atoms with E-state index in [-0.39, 0.29) is 5.56 Å². The quantitative estimate of drug-likeness (QED) is 0.799. The molecule has 2 N–H and O–H groups in total. The van der Waals surface area contributed by atoms with Crippen molar-refractivity contribution in [2.24, 2.45) is 0 Å². The molecule has 0 aliphatic rings. The lowest BCUT2D eigenvalue weighted by Crippen LogP contribution is -2.12. The highest BCUT2D eigenvalue weighted by Gasteiger charge is 2.06. The molecule has 0 fully saturated rings. The predicted molar refractivity (Wildman–Crippen MR) is 78.8 cm³/mol. The number of carbonyl (C=O) groups is 1. The van der Waals surface area contributed by atoms with Crippen LogP contribution in [0.15, 0.2) is 48.5 Å². The minimum atomic E-state index is -0.995. The standard InChI is InChI=1S/C15H14ClNO3/c16-13-10-11(15(18)19)6-7-14(13)17-8-9-20-12-4-2-1-3-5-12/h1-7,10,17H,8-9H2,(H,18,19). The summed E-state index contributed by atoms with van der Waals surface area (Å²) in [5, 5.41) is 12.3. The molecule has 0 aliphatic heterocycles. The van der Waals surface area contributed by atoms with Crippen molar-refractivity contribution in [3.8, 4) is 5.75 Å². The number of hydrogen-bond donors (Lipinski definition) is 2. The van der Waals surface area contributed by atoms with E-state index in [0.717, 1.165) is 5.75 Å². The average molecular weight is 292 g/mol. The first kappa shape index (κ1) is 14.2. The van der Waals surface area contributed by atoms with Crippen LogP contribution in [0.2, 0.25) is 5.02 Å². The smallest absolute Gasteiger partial charge is 0.335 e. The molecule has 0 amide bonds. The van der Waals surface area contributed by atoms with Gasteiger partial charge < -0.3 is 15.2 Å². The van der Waals surface area contributed by atoms with Gasteiger partial charge in [-0.25, -0.2) is 4.79 Å². The lowest BCUT2D eigenvalue weighted by molar-refractivity contribution is 0.0697. The Balaban J connectivity index is 1.84. The number of para-hydroxylation sites is 1. The van der Waals surface area contributed by atoms with Gasteiger partial charge in [0.05, 0.1) is 16.3 Å². The number of nitrogens with one attached hydrogen (secondary N) is 1. The van der Waals surface area contributed by atoms with Crippen LogP contribution in [0.25, 0.3) is 0 Å². The van der Waals surface area contributed by atoms with Gasteiger partial charge in [0.2, 0.25) is 0 Å². The van der Waals surface area contributed by atoms with Gasteiger partial charge in [-0.2, -0.15) is 0 Å². The zero-order valence-electron chi connectivity index (χ0n) is 10.7. The van der Waals surface area contributed by atoms with Crippen LogP contribution in [0, 0.1) is 0 Å². The summed E-state index contributed by atoms with van der Waals surface area (Å²) in [6, 6.07) is 14.1. The molecule has 0 saturated heterocycles. The summed E-state index contributed by atoms with van der Waals surface area (Å²) in [5.74, 6) is -0.188. The summed E-state index contributed by atoms with van der Waals surface area (Å²) in [6.07, 6.45) is 0. The number of hydrogen-bond acceptors (Lipinski definition) is 3. The lowest BCUT2D eigenvalue weighted by Gasteiger charge is -2.10. The third kappa shape index (κ3) is 3.90. The molecule has 5 heteroatoms. The van der Waals surface area contributed by atoms with E-state index < -0.39 is 5.97 Å². The fourth-order valence-electron chi connectivity index (χ4n) is 1.66. The first-order chi connectivity index (χ1) is 9.66. The summed E-state index contributed by atoms with van der Waals surface area (Å²) in [5.41, 5.74) is 0.856. The zero-order valence-corrected chi connectivity index (χ0v) is 11.4. The van der Waals surface area contributed by atoms with Gasteiger partial charge in [0, 0.05) is 6.54 Å². The predicted octanol–water partition coefficient (Wildman–Crippen LogP) is 3.53. The van der Waals surface area contributed by atoms with E-state index in [1.54, 1.807) is 6.07 Å². The maximum absolute atomic E-state index is 10.8. The van der Waals surface area contributed by atoms with Gasteiger partial charge in [0.15, 0.2) is 0 Å². The van der Waals surface area contributed by atoms with Crippen LogP contribution in [0.1, 0.15) is 10.4 Å². The molecule has 2 rings (SSSR count). The van der Waals surface area contributed by atoms with Crippen LogP contribution >= 0.6 is 11.6 Å². The Morgan fingerprint density at radius 3 is 2.60 bits per heavy atom. The van der Waals surface area contributed by atoms with Gasteiger partial charge in [-0.05, 0) is 30.3 Å². The number of halogens is 1. The number of aromatic carboxylic acids is 1. The topological polar surface area (TPSA) is 58.6 Å². The van der Waals surface area contributed by atoms with Crippen LogP contribution in [0.3, 0.4) is 0 Å². The fraction of sp³-hybridized carbons (Fsp3) is 0.133. The summed E-state index contributed by atoms with van der Waals surface area (Å²) >= 11 is 6.00. The lowest BCUT2D eigenvalue weighted by atomic mass is 10.2. The van der Waals surface area contributed by atoms with Gasteiger partial charge in [0.1, 0.15) is 12.4 Å². The Hall–Kier alpha value is -2.20. The molecule has 0 heterocycles. The Morgan fingerprint density at radius 1 is 1.20 bits per heavy atom. The molecule has 0 spiro atoms. The Labute approximate surface area is 122 Å². The monoisotopic (exact) mass is 291 g/mol. The van der Waals surface area contributed by atoms with E-state index in [1.165, 1.54) is 12.1 Å². The van der Waals surface area contributed by atoms with Crippen molar-refractivity contribution in [1.29, 1.82) is 0 Å². The molecule has 104 valence electrons. The fourth-order valence-corrected chi connectivity index (χ4v) is 1.91.